The highest BCUT2D eigenvalue weighted by Crippen LogP contribution is 2.23. The summed E-state index contributed by atoms with van der Waals surface area (Å²) >= 11 is 0. The van der Waals surface area contributed by atoms with E-state index in [-0.39, 0.29) is 24.0 Å². The topological polar surface area (TPSA) is 79.4 Å². The molecule has 0 bridgehead atoms. The molecule has 0 spiro atoms. The molecular weight excluding hydrogens is 318 g/mol. The Hall–Kier alpha value is -3.02. The smallest absolute Gasteiger partial charge is 0.229 e. The van der Waals surface area contributed by atoms with Gasteiger partial charge in [0.25, 0.3) is 0 Å². The van der Waals surface area contributed by atoms with Crippen LogP contribution in [0.3, 0.4) is 0 Å². The minimum Gasteiger partial charge on any atom is -0.336 e. The predicted molar refractivity (Wildman–Crippen MR) is 92.8 cm³/mol. The van der Waals surface area contributed by atoms with Crippen molar-refractivity contribution in [3.05, 3.63) is 59.9 Å². The SMILES string of the molecule is CC(=O)c1ccccc1NC(=O)[C@H]1CC(=O)N(Cc2ccccn2)C1. The van der Waals surface area contributed by atoms with Crippen molar-refractivity contribution in [2.24, 2.45) is 5.92 Å². The number of hydrogen-bond donors (Lipinski definition) is 1. The van der Waals surface area contributed by atoms with Crippen LogP contribution in [0.15, 0.2) is 48.7 Å². The number of pyridine rings is 1. The fourth-order valence-corrected chi connectivity index (χ4v) is 2.92. The van der Waals surface area contributed by atoms with Gasteiger partial charge in [-0.2, -0.15) is 0 Å². The number of likely N-dealkylation sites (tertiary alicyclic amines) is 1. The van der Waals surface area contributed by atoms with Crippen molar-refractivity contribution in [2.75, 3.05) is 11.9 Å². The minimum absolute atomic E-state index is 0.0642. The second-order valence-corrected chi connectivity index (χ2v) is 6.09. The van der Waals surface area contributed by atoms with E-state index in [1.54, 1.807) is 35.4 Å². The molecule has 1 atom stereocenters. The molecule has 0 unspecified atom stereocenters. The fourth-order valence-electron chi connectivity index (χ4n) is 2.92. The quantitative estimate of drug-likeness (QED) is 0.849. The summed E-state index contributed by atoms with van der Waals surface area (Å²) in [5.74, 6) is -0.859. The Bertz CT molecular complexity index is 805. The van der Waals surface area contributed by atoms with E-state index in [0.29, 0.717) is 24.3 Å². The second-order valence-electron chi connectivity index (χ2n) is 6.09. The lowest BCUT2D eigenvalue weighted by Gasteiger charge is -2.16. The number of para-hydroxylation sites is 1. The lowest BCUT2D eigenvalue weighted by molar-refractivity contribution is -0.128. The number of rotatable bonds is 5. The van der Waals surface area contributed by atoms with E-state index < -0.39 is 5.92 Å². The Labute approximate surface area is 145 Å². The molecule has 2 heterocycles. The number of Topliss-reactive ketones (excluding diaryl/α,β-unsaturated/α-hetero) is 1. The zero-order chi connectivity index (χ0) is 17.8. The van der Waals surface area contributed by atoms with Gasteiger partial charge in [-0.1, -0.05) is 18.2 Å². The molecule has 0 radical (unpaired) electrons. The van der Waals surface area contributed by atoms with Crippen molar-refractivity contribution in [3.63, 3.8) is 0 Å². The molecule has 1 aliphatic heterocycles. The molecule has 128 valence electrons. The Balaban J connectivity index is 1.66. The number of aromatic nitrogens is 1. The van der Waals surface area contributed by atoms with Crippen molar-refractivity contribution in [1.29, 1.82) is 0 Å². The van der Waals surface area contributed by atoms with Crippen molar-refractivity contribution < 1.29 is 14.4 Å². The average Bonchev–Trinajstić information content (AvgIpc) is 2.97. The summed E-state index contributed by atoms with van der Waals surface area (Å²) in [6.07, 6.45) is 1.85. The summed E-state index contributed by atoms with van der Waals surface area (Å²) in [5, 5.41) is 2.78. The van der Waals surface area contributed by atoms with Gasteiger partial charge in [-0.25, -0.2) is 0 Å². The largest absolute Gasteiger partial charge is 0.336 e. The molecule has 6 nitrogen and oxygen atoms in total. The van der Waals surface area contributed by atoms with Gasteiger partial charge in [0.1, 0.15) is 0 Å². The predicted octanol–water partition coefficient (Wildman–Crippen LogP) is 2.27. The highest BCUT2D eigenvalue weighted by Gasteiger charge is 2.34. The van der Waals surface area contributed by atoms with Crippen LogP contribution in [0.4, 0.5) is 5.69 Å². The molecule has 1 aromatic heterocycles. The average molecular weight is 337 g/mol. The summed E-state index contributed by atoms with van der Waals surface area (Å²) in [7, 11) is 0. The van der Waals surface area contributed by atoms with E-state index in [0.717, 1.165) is 5.69 Å². The highest BCUT2D eigenvalue weighted by atomic mass is 16.2. The van der Waals surface area contributed by atoms with E-state index in [1.807, 2.05) is 18.2 Å². The van der Waals surface area contributed by atoms with Crippen molar-refractivity contribution in [3.8, 4) is 0 Å². The number of amides is 2. The number of benzene rings is 1. The maximum atomic E-state index is 12.5. The number of anilines is 1. The summed E-state index contributed by atoms with van der Waals surface area (Å²) in [6, 6.07) is 12.4. The number of carbonyl (C=O) groups is 3. The molecule has 6 heteroatoms. The molecule has 1 saturated heterocycles. The molecule has 1 fully saturated rings. The summed E-state index contributed by atoms with van der Waals surface area (Å²) in [5.41, 5.74) is 1.74. The Morgan fingerprint density at radius 3 is 2.68 bits per heavy atom. The van der Waals surface area contributed by atoms with Gasteiger partial charge in [0.15, 0.2) is 5.78 Å². The van der Waals surface area contributed by atoms with Gasteiger partial charge >= 0.3 is 0 Å². The van der Waals surface area contributed by atoms with Gasteiger partial charge in [-0.3, -0.25) is 19.4 Å². The first-order valence-electron chi connectivity index (χ1n) is 8.13. The molecule has 25 heavy (non-hydrogen) atoms. The van der Waals surface area contributed by atoms with Gasteiger partial charge in [0, 0.05) is 24.7 Å². The fraction of sp³-hybridized carbons (Fsp3) is 0.263. The monoisotopic (exact) mass is 337 g/mol. The number of nitrogens with one attached hydrogen (secondary N) is 1. The van der Waals surface area contributed by atoms with E-state index >= 15 is 0 Å². The highest BCUT2D eigenvalue weighted by molar-refractivity contribution is 6.05. The Kier molecular flexibility index (Phi) is 4.88. The van der Waals surface area contributed by atoms with Crippen LogP contribution >= 0.6 is 0 Å². The van der Waals surface area contributed by atoms with E-state index in [2.05, 4.69) is 10.3 Å². The second kappa shape index (κ2) is 7.25. The van der Waals surface area contributed by atoms with Crippen LogP contribution in [0, 0.1) is 5.92 Å². The van der Waals surface area contributed by atoms with Crippen LogP contribution in [-0.2, 0) is 16.1 Å². The van der Waals surface area contributed by atoms with Gasteiger partial charge < -0.3 is 10.2 Å². The normalized spacial score (nSPS) is 16.8. The first kappa shape index (κ1) is 16.8. The van der Waals surface area contributed by atoms with Crippen LogP contribution in [0.25, 0.3) is 0 Å². The molecular formula is C19H19N3O3. The Morgan fingerprint density at radius 2 is 1.96 bits per heavy atom. The first-order chi connectivity index (χ1) is 12.0. The Morgan fingerprint density at radius 1 is 1.20 bits per heavy atom. The molecule has 2 aromatic rings. The van der Waals surface area contributed by atoms with E-state index in [9.17, 15) is 14.4 Å². The van der Waals surface area contributed by atoms with Crippen LogP contribution in [0.1, 0.15) is 29.4 Å². The van der Waals surface area contributed by atoms with Gasteiger partial charge in [-0.05, 0) is 31.2 Å². The van der Waals surface area contributed by atoms with Crippen LogP contribution < -0.4 is 5.32 Å². The van der Waals surface area contributed by atoms with E-state index in [1.165, 1.54) is 6.92 Å². The third-order valence-corrected chi connectivity index (χ3v) is 4.23. The number of ketones is 1. The van der Waals surface area contributed by atoms with Gasteiger partial charge in [0.2, 0.25) is 11.8 Å². The van der Waals surface area contributed by atoms with Crippen molar-refractivity contribution in [2.45, 2.75) is 19.9 Å². The number of hydrogen-bond acceptors (Lipinski definition) is 4. The molecule has 2 amide bonds. The molecule has 1 aliphatic rings. The van der Waals surface area contributed by atoms with Crippen LogP contribution in [0.5, 0.6) is 0 Å². The zero-order valence-corrected chi connectivity index (χ0v) is 13.9. The van der Waals surface area contributed by atoms with Gasteiger partial charge in [0.05, 0.1) is 23.8 Å². The van der Waals surface area contributed by atoms with Crippen LogP contribution in [-0.4, -0.2) is 34.0 Å². The summed E-state index contributed by atoms with van der Waals surface area (Å²) in [4.78, 5) is 42.2. The molecule has 0 aliphatic carbocycles. The van der Waals surface area contributed by atoms with Crippen molar-refractivity contribution >= 4 is 23.3 Å². The molecule has 3 rings (SSSR count). The third kappa shape index (κ3) is 3.91. The molecule has 0 saturated carbocycles. The molecule has 1 aromatic carbocycles. The summed E-state index contributed by atoms with van der Waals surface area (Å²) in [6.45, 7) is 2.20. The van der Waals surface area contributed by atoms with Gasteiger partial charge in [-0.15, -0.1) is 0 Å². The minimum atomic E-state index is -0.434. The maximum Gasteiger partial charge on any atom is 0.229 e. The van der Waals surface area contributed by atoms with Crippen LogP contribution in [0.2, 0.25) is 0 Å². The number of nitrogens with zero attached hydrogens (tertiary/aromatic N) is 2. The third-order valence-electron chi connectivity index (χ3n) is 4.23. The number of carbonyl (C=O) groups excluding carboxylic acids is 3. The maximum absolute atomic E-state index is 12.5. The lowest BCUT2D eigenvalue weighted by atomic mass is 10.1. The summed E-state index contributed by atoms with van der Waals surface area (Å²) < 4.78 is 0. The standard InChI is InChI=1S/C19H19N3O3/c1-13(23)16-7-2-3-8-17(16)21-19(25)14-10-18(24)22(11-14)12-15-6-4-5-9-20-15/h2-9,14H,10-12H2,1H3,(H,21,25)/t14-/m0/s1. The lowest BCUT2D eigenvalue weighted by Crippen LogP contribution is -2.28. The van der Waals surface area contributed by atoms with Crippen molar-refractivity contribution in [1.82, 2.24) is 9.88 Å². The van der Waals surface area contributed by atoms with E-state index in [4.69, 9.17) is 0 Å². The zero-order valence-electron chi connectivity index (χ0n) is 13.9. The first-order valence-corrected chi connectivity index (χ1v) is 8.13. The molecule has 1 N–H and O–H groups in total.